The van der Waals surface area contributed by atoms with E-state index in [-0.39, 0.29) is 5.91 Å². The monoisotopic (exact) mass is 264 g/mol. The number of nitrogens with one attached hydrogen (secondary N) is 1. The zero-order valence-corrected chi connectivity index (χ0v) is 11.5. The molecular weight excluding hydrogens is 248 g/mol. The van der Waals surface area contributed by atoms with E-state index in [1.54, 1.807) is 21.9 Å². The Morgan fingerprint density at radius 2 is 2.28 bits per heavy atom. The van der Waals surface area contributed by atoms with Crippen molar-refractivity contribution in [1.82, 2.24) is 20.0 Å². The minimum atomic E-state index is -0.0717. The summed E-state index contributed by atoms with van der Waals surface area (Å²) in [5.41, 5.74) is 1.39. The Labute approximate surface area is 111 Å². The van der Waals surface area contributed by atoms with E-state index in [0.29, 0.717) is 23.3 Å². The zero-order chi connectivity index (χ0) is 13.3. The summed E-state index contributed by atoms with van der Waals surface area (Å²) in [6, 6.07) is 0. The van der Waals surface area contributed by atoms with Crippen LogP contribution in [0.3, 0.4) is 0 Å². The standard InChI is InChI=1S/C12H16N4OS/c1-8(2)6-16-11(17)10(14-12(16)18)4-9-5-13-15(3)7-9/h4-5,7-8H,6H2,1-3H3,(H,14,18). The van der Waals surface area contributed by atoms with Crippen LogP contribution in [0.1, 0.15) is 19.4 Å². The highest BCUT2D eigenvalue weighted by atomic mass is 32.1. The lowest BCUT2D eigenvalue weighted by Gasteiger charge is -2.15. The largest absolute Gasteiger partial charge is 0.328 e. The van der Waals surface area contributed by atoms with Gasteiger partial charge in [-0.1, -0.05) is 13.8 Å². The second kappa shape index (κ2) is 4.89. The van der Waals surface area contributed by atoms with Gasteiger partial charge in [0.15, 0.2) is 5.11 Å². The Morgan fingerprint density at radius 3 is 2.83 bits per heavy atom. The highest BCUT2D eigenvalue weighted by Gasteiger charge is 2.30. The summed E-state index contributed by atoms with van der Waals surface area (Å²) in [6.45, 7) is 4.74. The van der Waals surface area contributed by atoms with Gasteiger partial charge < -0.3 is 5.32 Å². The molecule has 1 aliphatic heterocycles. The van der Waals surface area contributed by atoms with Gasteiger partial charge in [-0.15, -0.1) is 0 Å². The van der Waals surface area contributed by atoms with E-state index in [4.69, 9.17) is 12.2 Å². The van der Waals surface area contributed by atoms with Gasteiger partial charge in [0, 0.05) is 25.4 Å². The molecule has 1 N–H and O–H groups in total. The fraction of sp³-hybridized carbons (Fsp3) is 0.417. The minimum absolute atomic E-state index is 0.0717. The number of rotatable bonds is 3. The summed E-state index contributed by atoms with van der Waals surface area (Å²) in [6.07, 6.45) is 5.31. The molecule has 5 nitrogen and oxygen atoms in total. The van der Waals surface area contributed by atoms with Crippen molar-refractivity contribution in [3.05, 3.63) is 23.7 Å². The molecule has 6 heteroatoms. The third-order valence-electron chi connectivity index (χ3n) is 2.55. The van der Waals surface area contributed by atoms with Crippen LogP contribution >= 0.6 is 12.2 Å². The maximum absolute atomic E-state index is 12.1. The topological polar surface area (TPSA) is 50.2 Å². The minimum Gasteiger partial charge on any atom is -0.328 e. The van der Waals surface area contributed by atoms with E-state index in [9.17, 15) is 4.79 Å². The van der Waals surface area contributed by atoms with Crippen molar-refractivity contribution in [2.75, 3.05) is 6.54 Å². The summed E-state index contributed by atoms with van der Waals surface area (Å²) in [5, 5.41) is 7.48. The van der Waals surface area contributed by atoms with Crippen LogP contribution in [0.25, 0.3) is 6.08 Å². The van der Waals surface area contributed by atoms with E-state index in [0.717, 1.165) is 5.56 Å². The Morgan fingerprint density at radius 1 is 1.56 bits per heavy atom. The van der Waals surface area contributed by atoms with Crippen LogP contribution in [0.2, 0.25) is 0 Å². The quantitative estimate of drug-likeness (QED) is 0.657. The highest BCUT2D eigenvalue weighted by Crippen LogP contribution is 2.15. The van der Waals surface area contributed by atoms with Gasteiger partial charge in [0.25, 0.3) is 5.91 Å². The molecule has 0 radical (unpaired) electrons. The third-order valence-corrected chi connectivity index (χ3v) is 2.87. The molecule has 1 aromatic heterocycles. The number of carbonyl (C=O) groups is 1. The average molecular weight is 264 g/mol. The lowest BCUT2D eigenvalue weighted by atomic mass is 10.2. The first-order chi connectivity index (χ1) is 8.47. The smallest absolute Gasteiger partial charge is 0.276 e. The molecule has 1 aromatic rings. The van der Waals surface area contributed by atoms with Crippen LogP contribution in [0.15, 0.2) is 18.1 Å². The Bertz CT molecular complexity index is 518. The number of hydrogen-bond acceptors (Lipinski definition) is 3. The third kappa shape index (κ3) is 2.59. The first-order valence-corrected chi connectivity index (χ1v) is 6.21. The number of hydrogen-bond donors (Lipinski definition) is 1. The second-order valence-corrected chi connectivity index (χ2v) is 5.13. The molecule has 0 saturated carbocycles. The van der Waals surface area contributed by atoms with Crippen LogP contribution in [0.4, 0.5) is 0 Å². The van der Waals surface area contributed by atoms with E-state index < -0.39 is 0 Å². The molecule has 0 aromatic carbocycles. The summed E-state index contributed by atoms with van der Waals surface area (Å²) in [7, 11) is 1.83. The molecule has 1 aliphatic rings. The van der Waals surface area contributed by atoms with Gasteiger partial charge in [-0.05, 0) is 24.2 Å². The molecular formula is C12H16N4OS. The Balaban J connectivity index is 2.19. The first kappa shape index (κ1) is 12.8. The molecule has 0 bridgehead atoms. The van der Waals surface area contributed by atoms with E-state index in [1.165, 1.54) is 0 Å². The van der Waals surface area contributed by atoms with Crippen LogP contribution in [-0.4, -0.2) is 32.2 Å². The molecule has 0 unspecified atom stereocenters. The van der Waals surface area contributed by atoms with Crippen LogP contribution in [-0.2, 0) is 11.8 Å². The van der Waals surface area contributed by atoms with Gasteiger partial charge in [-0.25, -0.2) is 0 Å². The fourth-order valence-electron chi connectivity index (χ4n) is 1.78. The van der Waals surface area contributed by atoms with Crippen molar-refractivity contribution in [1.29, 1.82) is 0 Å². The van der Waals surface area contributed by atoms with Crippen LogP contribution < -0.4 is 5.32 Å². The number of aryl methyl sites for hydroxylation is 1. The van der Waals surface area contributed by atoms with Gasteiger partial charge >= 0.3 is 0 Å². The molecule has 0 aliphatic carbocycles. The maximum Gasteiger partial charge on any atom is 0.276 e. The fourth-order valence-corrected chi connectivity index (χ4v) is 2.05. The Kier molecular flexibility index (Phi) is 3.47. The van der Waals surface area contributed by atoms with Crippen molar-refractivity contribution < 1.29 is 4.79 Å². The summed E-state index contributed by atoms with van der Waals surface area (Å²) < 4.78 is 1.69. The molecule has 18 heavy (non-hydrogen) atoms. The number of nitrogens with zero attached hydrogens (tertiary/aromatic N) is 3. The number of aromatic nitrogens is 2. The first-order valence-electron chi connectivity index (χ1n) is 5.80. The molecule has 0 spiro atoms. The lowest BCUT2D eigenvalue weighted by Crippen LogP contribution is -2.33. The zero-order valence-electron chi connectivity index (χ0n) is 10.7. The molecule has 1 fully saturated rings. The number of amides is 1. The van der Waals surface area contributed by atoms with Crippen molar-refractivity contribution in [2.24, 2.45) is 13.0 Å². The molecule has 2 heterocycles. The number of carbonyl (C=O) groups excluding carboxylic acids is 1. The van der Waals surface area contributed by atoms with E-state index in [2.05, 4.69) is 24.3 Å². The van der Waals surface area contributed by atoms with Crippen LogP contribution in [0, 0.1) is 5.92 Å². The Hall–Kier alpha value is -1.69. The molecule has 2 rings (SSSR count). The summed E-state index contributed by atoms with van der Waals surface area (Å²) in [4.78, 5) is 13.7. The number of thiocarbonyl (C=S) groups is 1. The van der Waals surface area contributed by atoms with E-state index >= 15 is 0 Å². The predicted octanol–water partition coefficient (Wildman–Crippen LogP) is 1.13. The summed E-state index contributed by atoms with van der Waals surface area (Å²) >= 11 is 5.17. The molecule has 0 atom stereocenters. The van der Waals surface area contributed by atoms with Gasteiger partial charge in [0.1, 0.15) is 5.70 Å². The van der Waals surface area contributed by atoms with Crippen molar-refractivity contribution in [3.8, 4) is 0 Å². The SMILES string of the molecule is CC(C)CN1C(=O)C(=Cc2cnn(C)c2)NC1=S. The van der Waals surface area contributed by atoms with Crippen molar-refractivity contribution >= 4 is 29.3 Å². The van der Waals surface area contributed by atoms with Crippen LogP contribution in [0.5, 0.6) is 0 Å². The second-order valence-electron chi connectivity index (χ2n) is 4.75. The molecule has 96 valence electrons. The highest BCUT2D eigenvalue weighted by molar-refractivity contribution is 7.80. The van der Waals surface area contributed by atoms with Gasteiger partial charge in [0.05, 0.1) is 6.20 Å². The normalized spacial score (nSPS) is 18.0. The van der Waals surface area contributed by atoms with Gasteiger partial charge in [0.2, 0.25) is 0 Å². The van der Waals surface area contributed by atoms with Gasteiger partial charge in [-0.3, -0.25) is 14.4 Å². The van der Waals surface area contributed by atoms with Crippen molar-refractivity contribution in [2.45, 2.75) is 13.8 Å². The predicted molar refractivity (Wildman–Crippen MR) is 73.5 cm³/mol. The lowest BCUT2D eigenvalue weighted by molar-refractivity contribution is -0.122. The average Bonchev–Trinajstić information content (AvgIpc) is 2.78. The molecule has 1 amide bonds. The molecule has 1 saturated heterocycles. The van der Waals surface area contributed by atoms with E-state index in [1.807, 2.05) is 13.2 Å². The van der Waals surface area contributed by atoms with Crippen molar-refractivity contribution in [3.63, 3.8) is 0 Å². The maximum atomic E-state index is 12.1. The van der Waals surface area contributed by atoms with Gasteiger partial charge in [-0.2, -0.15) is 5.10 Å². The summed E-state index contributed by atoms with van der Waals surface area (Å²) in [5.74, 6) is 0.309.